The van der Waals surface area contributed by atoms with E-state index in [0.717, 1.165) is 23.6 Å². The van der Waals surface area contributed by atoms with Crippen molar-refractivity contribution < 1.29 is 0 Å². The Hall–Kier alpha value is -1.65. The van der Waals surface area contributed by atoms with Crippen LogP contribution in [-0.4, -0.2) is 19.5 Å². The molecule has 0 spiro atoms. The molecule has 2 aromatic heterocycles. The van der Waals surface area contributed by atoms with Crippen molar-refractivity contribution >= 4 is 17.0 Å². The Bertz CT molecular complexity index is 498. The molecule has 2 N–H and O–H groups in total. The molecule has 1 aliphatic rings. The highest BCUT2D eigenvalue weighted by molar-refractivity contribution is 5.81. The van der Waals surface area contributed by atoms with Gasteiger partial charge >= 0.3 is 0 Å². The molecule has 5 heteroatoms. The van der Waals surface area contributed by atoms with Crippen molar-refractivity contribution in [3.05, 3.63) is 12.7 Å². The van der Waals surface area contributed by atoms with Crippen molar-refractivity contribution in [3.63, 3.8) is 0 Å². The van der Waals surface area contributed by atoms with Crippen LogP contribution in [0.15, 0.2) is 12.7 Å². The highest BCUT2D eigenvalue weighted by atomic mass is 15.1. The molecular weight excluding hydrogens is 202 g/mol. The van der Waals surface area contributed by atoms with Gasteiger partial charge in [0.2, 0.25) is 0 Å². The number of aromatic nitrogens is 4. The number of nitrogens with zero attached hydrogens (tertiary/aromatic N) is 4. The van der Waals surface area contributed by atoms with Gasteiger partial charge in [0.15, 0.2) is 11.5 Å². The fourth-order valence-electron chi connectivity index (χ4n) is 2.50. The van der Waals surface area contributed by atoms with Crippen molar-refractivity contribution in [2.75, 3.05) is 5.73 Å². The van der Waals surface area contributed by atoms with E-state index in [-0.39, 0.29) is 0 Å². The lowest BCUT2D eigenvalue weighted by molar-refractivity contribution is 0.463. The second kappa shape index (κ2) is 3.73. The molecule has 0 amide bonds. The third-order valence-corrected chi connectivity index (χ3v) is 3.36. The Morgan fingerprint density at radius 2 is 2.06 bits per heavy atom. The van der Waals surface area contributed by atoms with Crippen molar-refractivity contribution in [1.29, 1.82) is 0 Å². The minimum absolute atomic E-state index is 0.468. The second-order valence-electron chi connectivity index (χ2n) is 4.48. The molecule has 0 bridgehead atoms. The minimum Gasteiger partial charge on any atom is -0.382 e. The Labute approximate surface area is 93.7 Å². The zero-order valence-electron chi connectivity index (χ0n) is 9.13. The summed E-state index contributed by atoms with van der Waals surface area (Å²) in [6.07, 6.45) is 8.68. The summed E-state index contributed by atoms with van der Waals surface area (Å²) in [4.78, 5) is 12.5. The molecule has 1 fully saturated rings. The van der Waals surface area contributed by atoms with Gasteiger partial charge in [-0.25, -0.2) is 15.0 Å². The molecule has 1 aliphatic carbocycles. The average molecular weight is 217 g/mol. The Morgan fingerprint density at radius 3 is 2.88 bits per heavy atom. The predicted octanol–water partition coefficient (Wildman–Crippen LogP) is 1.60. The maximum Gasteiger partial charge on any atom is 0.165 e. The van der Waals surface area contributed by atoms with Gasteiger partial charge in [0.05, 0.1) is 6.33 Å². The highest BCUT2D eigenvalue weighted by Crippen LogP contribution is 2.27. The molecule has 0 radical (unpaired) electrons. The second-order valence-corrected chi connectivity index (χ2v) is 4.48. The van der Waals surface area contributed by atoms with Gasteiger partial charge in [-0.15, -0.1) is 0 Å². The number of hydrogen-bond donors (Lipinski definition) is 1. The van der Waals surface area contributed by atoms with Crippen LogP contribution >= 0.6 is 0 Å². The largest absolute Gasteiger partial charge is 0.382 e. The first-order valence-electron chi connectivity index (χ1n) is 5.76. The van der Waals surface area contributed by atoms with E-state index in [9.17, 15) is 0 Å². The molecule has 0 unspecified atom stereocenters. The molecule has 0 aliphatic heterocycles. The standard InChI is InChI=1S/C11H15N5/c12-10-9-11(14-6-13-10)16(7-15-9)5-8-3-1-2-4-8/h6-8H,1-5H2,(H2,12,13,14). The fraction of sp³-hybridized carbons (Fsp3) is 0.545. The average Bonchev–Trinajstić information content (AvgIpc) is 2.90. The van der Waals surface area contributed by atoms with Gasteiger partial charge in [0, 0.05) is 6.54 Å². The summed E-state index contributed by atoms with van der Waals surface area (Å²) in [6.45, 7) is 1.01. The zero-order chi connectivity index (χ0) is 11.0. The van der Waals surface area contributed by atoms with Crippen LogP contribution in [0, 0.1) is 5.92 Å². The van der Waals surface area contributed by atoms with E-state index in [1.54, 1.807) is 0 Å². The minimum atomic E-state index is 0.468. The molecule has 0 saturated heterocycles. The molecule has 0 aromatic carbocycles. The van der Waals surface area contributed by atoms with Crippen LogP contribution in [0.4, 0.5) is 5.82 Å². The molecule has 84 valence electrons. The van der Waals surface area contributed by atoms with E-state index in [1.807, 2.05) is 6.33 Å². The number of nitrogens with two attached hydrogens (primary N) is 1. The van der Waals surface area contributed by atoms with Gasteiger partial charge in [-0.3, -0.25) is 0 Å². The molecule has 0 atom stereocenters. The lowest BCUT2D eigenvalue weighted by Gasteiger charge is -2.09. The first-order valence-corrected chi connectivity index (χ1v) is 5.76. The van der Waals surface area contributed by atoms with Crippen molar-refractivity contribution in [2.45, 2.75) is 32.2 Å². The van der Waals surface area contributed by atoms with Crippen LogP contribution in [0.1, 0.15) is 25.7 Å². The summed E-state index contributed by atoms with van der Waals surface area (Å²) in [5.41, 5.74) is 7.33. The summed E-state index contributed by atoms with van der Waals surface area (Å²) < 4.78 is 2.10. The van der Waals surface area contributed by atoms with Crippen LogP contribution < -0.4 is 5.73 Å². The van der Waals surface area contributed by atoms with Crippen molar-refractivity contribution in [2.24, 2.45) is 5.92 Å². The Balaban J connectivity index is 1.94. The quantitative estimate of drug-likeness (QED) is 0.829. The Morgan fingerprint density at radius 1 is 1.25 bits per heavy atom. The van der Waals surface area contributed by atoms with Gasteiger partial charge in [-0.2, -0.15) is 0 Å². The summed E-state index contributed by atoms with van der Waals surface area (Å²) in [5, 5.41) is 0. The number of fused-ring (bicyclic) bond motifs is 1. The molecule has 1 saturated carbocycles. The normalized spacial score (nSPS) is 17.2. The summed E-state index contributed by atoms with van der Waals surface area (Å²) in [6, 6.07) is 0. The van der Waals surface area contributed by atoms with E-state index in [1.165, 1.54) is 32.0 Å². The monoisotopic (exact) mass is 217 g/mol. The molecule has 5 nitrogen and oxygen atoms in total. The van der Waals surface area contributed by atoms with Gasteiger partial charge in [-0.1, -0.05) is 12.8 Å². The van der Waals surface area contributed by atoms with E-state index < -0.39 is 0 Å². The van der Waals surface area contributed by atoms with Gasteiger partial charge < -0.3 is 10.3 Å². The maximum atomic E-state index is 5.75. The highest BCUT2D eigenvalue weighted by Gasteiger charge is 2.17. The lowest BCUT2D eigenvalue weighted by Crippen LogP contribution is -2.07. The number of anilines is 1. The topological polar surface area (TPSA) is 69.6 Å². The Kier molecular flexibility index (Phi) is 2.23. The van der Waals surface area contributed by atoms with Gasteiger partial charge in [-0.05, 0) is 18.8 Å². The SMILES string of the molecule is Nc1ncnc2c1ncn2CC1CCCC1. The van der Waals surface area contributed by atoms with Crippen LogP contribution in [-0.2, 0) is 6.54 Å². The van der Waals surface area contributed by atoms with Crippen LogP contribution in [0.25, 0.3) is 11.2 Å². The van der Waals surface area contributed by atoms with E-state index in [0.29, 0.717) is 5.82 Å². The van der Waals surface area contributed by atoms with Crippen molar-refractivity contribution in [3.8, 4) is 0 Å². The molecule has 2 heterocycles. The van der Waals surface area contributed by atoms with Gasteiger partial charge in [0.1, 0.15) is 11.8 Å². The maximum absolute atomic E-state index is 5.75. The fourth-order valence-corrected chi connectivity index (χ4v) is 2.50. The summed E-state index contributed by atoms with van der Waals surface area (Å²) in [7, 11) is 0. The van der Waals surface area contributed by atoms with E-state index in [2.05, 4.69) is 19.5 Å². The smallest absolute Gasteiger partial charge is 0.165 e. The molecule has 3 rings (SSSR count). The van der Waals surface area contributed by atoms with E-state index in [4.69, 9.17) is 5.73 Å². The molecule has 2 aromatic rings. The molecule has 16 heavy (non-hydrogen) atoms. The number of hydrogen-bond acceptors (Lipinski definition) is 4. The first kappa shape index (κ1) is 9.57. The lowest BCUT2D eigenvalue weighted by atomic mass is 10.1. The summed E-state index contributed by atoms with van der Waals surface area (Å²) in [5.74, 6) is 1.24. The van der Waals surface area contributed by atoms with Crippen molar-refractivity contribution in [1.82, 2.24) is 19.5 Å². The first-order chi connectivity index (χ1) is 7.84. The third-order valence-electron chi connectivity index (χ3n) is 3.36. The number of imidazole rings is 1. The summed E-state index contributed by atoms with van der Waals surface area (Å²) >= 11 is 0. The number of nitrogen functional groups attached to an aromatic ring is 1. The van der Waals surface area contributed by atoms with Crippen LogP contribution in [0.5, 0.6) is 0 Å². The van der Waals surface area contributed by atoms with E-state index >= 15 is 0 Å². The van der Waals surface area contributed by atoms with Gasteiger partial charge in [0.25, 0.3) is 0 Å². The predicted molar refractivity (Wildman–Crippen MR) is 61.7 cm³/mol. The van der Waals surface area contributed by atoms with Crippen LogP contribution in [0.3, 0.4) is 0 Å². The molecular formula is C11H15N5. The van der Waals surface area contributed by atoms with Crippen LogP contribution in [0.2, 0.25) is 0 Å². The third kappa shape index (κ3) is 1.52. The zero-order valence-corrected chi connectivity index (χ0v) is 9.13. The number of rotatable bonds is 2.